The van der Waals surface area contributed by atoms with Gasteiger partial charge < -0.3 is 10.2 Å². The van der Waals surface area contributed by atoms with E-state index < -0.39 is 0 Å². The summed E-state index contributed by atoms with van der Waals surface area (Å²) in [6.45, 7) is 1.36. The first kappa shape index (κ1) is 13.3. The highest BCUT2D eigenvalue weighted by atomic mass is 19.1. The van der Waals surface area contributed by atoms with Gasteiger partial charge in [0.05, 0.1) is 11.8 Å². The first-order chi connectivity index (χ1) is 9.22. The molecule has 1 saturated heterocycles. The van der Waals surface area contributed by atoms with Gasteiger partial charge >= 0.3 is 0 Å². The minimum atomic E-state index is -0.227. The van der Waals surface area contributed by atoms with E-state index in [1.54, 1.807) is 12.1 Å². The fourth-order valence-corrected chi connectivity index (χ4v) is 2.36. The van der Waals surface area contributed by atoms with Crippen LogP contribution in [0.1, 0.15) is 12.8 Å². The van der Waals surface area contributed by atoms with Crippen molar-refractivity contribution in [2.24, 2.45) is 5.92 Å². The van der Waals surface area contributed by atoms with Crippen LogP contribution in [0.25, 0.3) is 0 Å². The van der Waals surface area contributed by atoms with Crippen molar-refractivity contribution in [2.75, 3.05) is 24.5 Å². The highest BCUT2D eigenvalue weighted by Crippen LogP contribution is 2.25. The summed E-state index contributed by atoms with van der Waals surface area (Å²) < 4.78 is 13.6. The monoisotopic (exact) mass is 261 g/mol. The predicted octanol–water partition coefficient (Wildman–Crippen LogP) is 1.68. The second-order valence-electron chi connectivity index (χ2n) is 4.59. The lowest BCUT2D eigenvalue weighted by Gasteiger charge is -2.33. The lowest BCUT2D eigenvalue weighted by atomic mass is 9.95. The van der Waals surface area contributed by atoms with E-state index in [1.165, 1.54) is 6.07 Å². The molecule has 1 aliphatic rings. The Bertz CT molecular complexity index is 490. The highest BCUT2D eigenvalue weighted by molar-refractivity contribution is 5.79. The Labute approximate surface area is 111 Å². The van der Waals surface area contributed by atoms with Gasteiger partial charge in [-0.2, -0.15) is 5.26 Å². The van der Waals surface area contributed by atoms with Crippen LogP contribution in [-0.4, -0.2) is 25.5 Å². The third-order valence-electron chi connectivity index (χ3n) is 3.40. The summed E-state index contributed by atoms with van der Waals surface area (Å²) in [6.07, 6.45) is 1.37. The Balaban J connectivity index is 1.91. The van der Waals surface area contributed by atoms with Crippen LogP contribution in [0, 0.1) is 23.1 Å². The normalized spacial score (nSPS) is 15.9. The molecule has 100 valence electrons. The number of rotatable bonds is 3. The third kappa shape index (κ3) is 3.22. The Hall–Kier alpha value is -2.09. The zero-order valence-electron chi connectivity index (χ0n) is 10.6. The molecule has 1 aromatic carbocycles. The number of para-hydroxylation sites is 1. The topological polar surface area (TPSA) is 56.1 Å². The minimum Gasteiger partial charge on any atom is -0.369 e. The fraction of sp³-hybridized carbons (Fsp3) is 0.429. The number of carbonyl (C=O) groups excluding carboxylic acids is 1. The first-order valence-electron chi connectivity index (χ1n) is 6.36. The number of nitriles is 1. The van der Waals surface area contributed by atoms with Gasteiger partial charge in [0.1, 0.15) is 12.4 Å². The van der Waals surface area contributed by atoms with Gasteiger partial charge in [-0.1, -0.05) is 12.1 Å². The summed E-state index contributed by atoms with van der Waals surface area (Å²) in [5.41, 5.74) is 0.596. The lowest BCUT2D eigenvalue weighted by Crippen LogP contribution is -2.40. The molecule has 0 aromatic heterocycles. The summed E-state index contributed by atoms with van der Waals surface area (Å²) in [5, 5.41) is 11.0. The van der Waals surface area contributed by atoms with Crippen molar-refractivity contribution < 1.29 is 9.18 Å². The maximum Gasteiger partial charge on any atom is 0.224 e. The van der Waals surface area contributed by atoms with E-state index in [9.17, 15) is 9.18 Å². The van der Waals surface area contributed by atoms with E-state index >= 15 is 0 Å². The van der Waals surface area contributed by atoms with Crippen molar-refractivity contribution in [3.8, 4) is 6.07 Å². The number of anilines is 1. The minimum absolute atomic E-state index is 0.0480. The van der Waals surface area contributed by atoms with Crippen LogP contribution in [-0.2, 0) is 4.79 Å². The summed E-state index contributed by atoms with van der Waals surface area (Å²) in [5.74, 6) is -0.374. The lowest BCUT2D eigenvalue weighted by molar-refractivity contribution is -0.125. The van der Waals surface area contributed by atoms with E-state index in [1.807, 2.05) is 17.0 Å². The number of benzene rings is 1. The molecule has 1 amide bonds. The van der Waals surface area contributed by atoms with Gasteiger partial charge in [0, 0.05) is 19.0 Å². The van der Waals surface area contributed by atoms with Crippen LogP contribution in [0.2, 0.25) is 0 Å². The molecule has 0 unspecified atom stereocenters. The molecule has 19 heavy (non-hydrogen) atoms. The molecule has 1 heterocycles. The van der Waals surface area contributed by atoms with Gasteiger partial charge in [0.15, 0.2) is 0 Å². The summed E-state index contributed by atoms with van der Waals surface area (Å²) in [6, 6.07) is 8.57. The number of nitrogens with one attached hydrogen (secondary N) is 1. The second-order valence-corrected chi connectivity index (χ2v) is 4.59. The Morgan fingerprint density at radius 3 is 2.74 bits per heavy atom. The van der Waals surface area contributed by atoms with Crippen LogP contribution in [0.5, 0.6) is 0 Å². The molecule has 2 rings (SSSR count). The van der Waals surface area contributed by atoms with Crippen LogP contribution in [0.4, 0.5) is 10.1 Å². The largest absolute Gasteiger partial charge is 0.369 e. The zero-order valence-corrected chi connectivity index (χ0v) is 10.6. The second kappa shape index (κ2) is 6.19. The number of amides is 1. The summed E-state index contributed by atoms with van der Waals surface area (Å²) in [7, 11) is 0. The van der Waals surface area contributed by atoms with Gasteiger partial charge in [0.25, 0.3) is 0 Å². The molecule has 0 spiro atoms. The van der Waals surface area contributed by atoms with Crippen molar-refractivity contribution >= 4 is 11.6 Å². The number of halogens is 1. The molecule has 1 aromatic rings. The molecule has 1 N–H and O–H groups in total. The van der Waals surface area contributed by atoms with Crippen molar-refractivity contribution in [1.82, 2.24) is 5.32 Å². The number of hydrogen-bond donors (Lipinski definition) is 1. The van der Waals surface area contributed by atoms with Crippen molar-refractivity contribution in [2.45, 2.75) is 12.8 Å². The number of carbonyl (C=O) groups is 1. The molecular formula is C14H16FN3O. The average molecular weight is 261 g/mol. The number of piperidine rings is 1. The molecular weight excluding hydrogens is 245 g/mol. The molecule has 4 nitrogen and oxygen atoms in total. The van der Waals surface area contributed by atoms with Crippen molar-refractivity contribution in [3.63, 3.8) is 0 Å². The first-order valence-corrected chi connectivity index (χ1v) is 6.36. The Morgan fingerprint density at radius 2 is 2.11 bits per heavy atom. The Morgan fingerprint density at radius 1 is 1.42 bits per heavy atom. The van der Waals surface area contributed by atoms with Crippen molar-refractivity contribution in [3.05, 3.63) is 30.1 Å². The summed E-state index contributed by atoms with van der Waals surface area (Å²) in [4.78, 5) is 13.7. The standard InChI is InChI=1S/C14H16FN3O/c15-12-3-1-2-4-13(12)18-9-5-11(6-10-18)14(19)17-8-7-16/h1-4,11H,5-6,8-10H2,(H,17,19). The quantitative estimate of drug-likeness (QED) is 0.842. The molecule has 0 atom stereocenters. The third-order valence-corrected chi connectivity index (χ3v) is 3.40. The van der Waals surface area contributed by atoms with Gasteiger partial charge in [-0.25, -0.2) is 4.39 Å². The average Bonchev–Trinajstić information content (AvgIpc) is 2.45. The molecule has 1 aliphatic heterocycles. The Kier molecular flexibility index (Phi) is 4.35. The van der Waals surface area contributed by atoms with Crippen LogP contribution in [0.15, 0.2) is 24.3 Å². The van der Waals surface area contributed by atoms with E-state index in [0.29, 0.717) is 31.6 Å². The van der Waals surface area contributed by atoms with E-state index in [2.05, 4.69) is 5.32 Å². The molecule has 0 radical (unpaired) electrons. The summed E-state index contributed by atoms with van der Waals surface area (Å²) >= 11 is 0. The fourth-order valence-electron chi connectivity index (χ4n) is 2.36. The van der Waals surface area contributed by atoms with E-state index in [-0.39, 0.29) is 24.2 Å². The van der Waals surface area contributed by atoms with Crippen LogP contribution >= 0.6 is 0 Å². The smallest absolute Gasteiger partial charge is 0.224 e. The van der Waals surface area contributed by atoms with Gasteiger partial charge in [-0.15, -0.1) is 0 Å². The maximum absolute atomic E-state index is 13.6. The molecule has 5 heteroatoms. The van der Waals surface area contributed by atoms with Crippen LogP contribution < -0.4 is 10.2 Å². The molecule has 1 fully saturated rings. The van der Waals surface area contributed by atoms with Crippen LogP contribution in [0.3, 0.4) is 0 Å². The molecule has 0 aliphatic carbocycles. The van der Waals surface area contributed by atoms with E-state index in [4.69, 9.17) is 5.26 Å². The SMILES string of the molecule is N#CCNC(=O)C1CCN(c2ccccc2F)CC1. The molecule has 0 bridgehead atoms. The van der Waals surface area contributed by atoms with E-state index in [0.717, 1.165) is 0 Å². The molecule has 0 saturated carbocycles. The number of nitrogens with zero attached hydrogens (tertiary/aromatic N) is 2. The maximum atomic E-state index is 13.6. The zero-order chi connectivity index (χ0) is 13.7. The predicted molar refractivity (Wildman–Crippen MR) is 70.0 cm³/mol. The van der Waals surface area contributed by atoms with Crippen molar-refractivity contribution in [1.29, 1.82) is 5.26 Å². The number of hydrogen-bond acceptors (Lipinski definition) is 3. The van der Waals surface area contributed by atoms with Gasteiger partial charge in [-0.05, 0) is 25.0 Å². The van der Waals surface area contributed by atoms with Gasteiger partial charge in [0.2, 0.25) is 5.91 Å². The highest BCUT2D eigenvalue weighted by Gasteiger charge is 2.25. The van der Waals surface area contributed by atoms with Gasteiger partial charge in [-0.3, -0.25) is 4.79 Å².